The molecule has 1 aromatic carbocycles. The monoisotopic (exact) mass is 268 g/mol. The van der Waals surface area contributed by atoms with E-state index in [4.69, 9.17) is 5.26 Å². The third-order valence-electron chi connectivity index (χ3n) is 2.90. The molecule has 0 aliphatic heterocycles. The summed E-state index contributed by atoms with van der Waals surface area (Å²) in [5, 5.41) is 11.1. The lowest BCUT2D eigenvalue weighted by molar-refractivity contribution is -0.137. The van der Waals surface area contributed by atoms with Crippen LogP contribution in [0.4, 0.5) is 18.9 Å². The number of carbonyl (C=O) groups excluding carboxylic acids is 1. The molecule has 1 N–H and O–H groups in total. The van der Waals surface area contributed by atoms with Crippen molar-refractivity contribution >= 4 is 11.6 Å². The first-order valence-corrected chi connectivity index (χ1v) is 5.81. The van der Waals surface area contributed by atoms with Gasteiger partial charge in [-0.05, 0) is 37.0 Å². The van der Waals surface area contributed by atoms with Crippen LogP contribution in [0.3, 0.4) is 0 Å². The molecule has 100 valence electrons. The van der Waals surface area contributed by atoms with Gasteiger partial charge in [0.1, 0.15) is 0 Å². The SMILES string of the molecule is N#Cc1ccc(NC(=O)CC2CC2)cc1C(F)(F)F. The molecule has 0 atom stereocenters. The second-order valence-corrected chi connectivity index (χ2v) is 4.57. The predicted octanol–water partition coefficient (Wildman–Crippen LogP) is 3.32. The van der Waals surface area contributed by atoms with Gasteiger partial charge in [-0.3, -0.25) is 4.79 Å². The summed E-state index contributed by atoms with van der Waals surface area (Å²) < 4.78 is 38.1. The lowest BCUT2D eigenvalue weighted by atomic mass is 10.1. The molecule has 1 aliphatic carbocycles. The van der Waals surface area contributed by atoms with E-state index in [9.17, 15) is 18.0 Å². The van der Waals surface area contributed by atoms with Crippen LogP contribution in [0.5, 0.6) is 0 Å². The van der Waals surface area contributed by atoms with E-state index in [1.807, 2.05) is 0 Å². The van der Waals surface area contributed by atoms with E-state index in [-0.39, 0.29) is 11.6 Å². The van der Waals surface area contributed by atoms with Crippen molar-refractivity contribution in [2.24, 2.45) is 5.92 Å². The minimum atomic E-state index is -4.61. The minimum Gasteiger partial charge on any atom is -0.326 e. The van der Waals surface area contributed by atoms with Crippen LogP contribution in [0.25, 0.3) is 0 Å². The summed E-state index contributed by atoms with van der Waals surface area (Å²) in [6.07, 6.45) is -2.28. The fraction of sp³-hybridized carbons (Fsp3) is 0.385. The first-order chi connectivity index (χ1) is 8.90. The molecule has 0 saturated heterocycles. The molecule has 6 heteroatoms. The van der Waals surface area contributed by atoms with Crippen molar-refractivity contribution in [1.29, 1.82) is 5.26 Å². The van der Waals surface area contributed by atoms with Gasteiger partial charge in [0, 0.05) is 12.1 Å². The van der Waals surface area contributed by atoms with Gasteiger partial charge in [-0.15, -0.1) is 0 Å². The van der Waals surface area contributed by atoms with Gasteiger partial charge in [-0.25, -0.2) is 0 Å². The Labute approximate surface area is 108 Å². The van der Waals surface area contributed by atoms with Gasteiger partial charge in [0.25, 0.3) is 0 Å². The van der Waals surface area contributed by atoms with Crippen LogP contribution in [0, 0.1) is 17.2 Å². The number of carbonyl (C=O) groups is 1. The maximum Gasteiger partial charge on any atom is 0.417 e. The van der Waals surface area contributed by atoms with Gasteiger partial charge < -0.3 is 5.32 Å². The highest BCUT2D eigenvalue weighted by Crippen LogP contribution is 2.34. The lowest BCUT2D eigenvalue weighted by Gasteiger charge is -2.11. The number of nitriles is 1. The maximum atomic E-state index is 12.7. The van der Waals surface area contributed by atoms with Crippen LogP contribution < -0.4 is 5.32 Å². The molecule has 3 nitrogen and oxygen atoms in total. The molecule has 0 heterocycles. The van der Waals surface area contributed by atoms with Gasteiger partial charge in [-0.1, -0.05) is 0 Å². The van der Waals surface area contributed by atoms with Crippen molar-refractivity contribution in [1.82, 2.24) is 0 Å². The highest BCUT2D eigenvalue weighted by Gasteiger charge is 2.34. The van der Waals surface area contributed by atoms with Crippen molar-refractivity contribution in [2.75, 3.05) is 5.32 Å². The number of benzene rings is 1. The first-order valence-electron chi connectivity index (χ1n) is 5.81. The number of hydrogen-bond acceptors (Lipinski definition) is 2. The Morgan fingerprint density at radius 2 is 2.11 bits per heavy atom. The van der Waals surface area contributed by atoms with Gasteiger partial charge in [0.05, 0.1) is 17.2 Å². The van der Waals surface area contributed by atoms with Crippen LogP contribution in [-0.2, 0) is 11.0 Å². The molecule has 1 amide bonds. The summed E-state index contributed by atoms with van der Waals surface area (Å²) in [5.41, 5.74) is -1.41. The Morgan fingerprint density at radius 3 is 2.63 bits per heavy atom. The highest BCUT2D eigenvalue weighted by molar-refractivity contribution is 5.91. The first kappa shape index (κ1) is 13.4. The Bertz CT molecular complexity index is 542. The summed E-state index contributed by atoms with van der Waals surface area (Å²) in [6.45, 7) is 0. The second kappa shape index (κ2) is 4.92. The molecule has 0 radical (unpaired) electrons. The molecule has 0 bridgehead atoms. The van der Waals surface area contributed by atoms with Gasteiger partial charge in [0.2, 0.25) is 5.91 Å². The van der Waals surface area contributed by atoms with Crippen LogP contribution >= 0.6 is 0 Å². The van der Waals surface area contributed by atoms with Crippen LogP contribution in [0.2, 0.25) is 0 Å². The summed E-state index contributed by atoms with van der Waals surface area (Å²) in [7, 11) is 0. The third kappa shape index (κ3) is 3.47. The Hall–Kier alpha value is -2.03. The molecule has 19 heavy (non-hydrogen) atoms. The number of rotatable bonds is 3. The van der Waals surface area contributed by atoms with Crippen molar-refractivity contribution in [2.45, 2.75) is 25.4 Å². The van der Waals surface area contributed by atoms with E-state index in [1.165, 1.54) is 12.1 Å². The Morgan fingerprint density at radius 1 is 1.42 bits per heavy atom. The molecular formula is C13H11F3N2O. The van der Waals surface area contributed by atoms with Crippen molar-refractivity contribution < 1.29 is 18.0 Å². The van der Waals surface area contributed by atoms with Gasteiger partial charge >= 0.3 is 6.18 Å². The zero-order valence-corrected chi connectivity index (χ0v) is 9.92. The molecule has 2 rings (SSSR count). The second-order valence-electron chi connectivity index (χ2n) is 4.57. The summed E-state index contributed by atoms with van der Waals surface area (Å²) in [5.74, 6) is 0.0702. The largest absolute Gasteiger partial charge is 0.417 e. The number of halogens is 3. The maximum absolute atomic E-state index is 12.7. The zero-order chi connectivity index (χ0) is 14.0. The van der Waals surface area contributed by atoms with E-state index in [2.05, 4.69) is 5.32 Å². The molecule has 1 aliphatic rings. The zero-order valence-electron chi connectivity index (χ0n) is 9.92. The predicted molar refractivity (Wildman–Crippen MR) is 62.1 cm³/mol. The van der Waals surface area contributed by atoms with E-state index in [0.29, 0.717) is 12.3 Å². The molecular weight excluding hydrogens is 257 g/mol. The van der Waals surface area contributed by atoms with Crippen LogP contribution in [-0.4, -0.2) is 5.91 Å². The standard InChI is InChI=1S/C13H11F3N2O/c14-13(15,16)11-6-10(4-3-9(11)7-17)18-12(19)5-8-1-2-8/h3-4,6,8H,1-2,5H2,(H,18,19). The number of nitrogens with one attached hydrogen (secondary N) is 1. The minimum absolute atomic E-state index is 0.0666. The number of amides is 1. The van der Waals surface area contributed by atoms with Crippen LogP contribution in [0.15, 0.2) is 18.2 Å². The van der Waals surface area contributed by atoms with Crippen molar-refractivity contribution in [3.8, 4) is 6.07 Å². The number of alkyl halides is 3. The molecule has 0 spiro atoms. The van der Waals surface area contributed by atoms with Crippen molar-refractivity contribution in [3.05, 3.63) is 29.3 Å². The molecule has 1 aromatic rings. The topological polar surface area (TPSA) is 52.9 Å². The number of anilines is 1. The molecule has 1 saturated carbocycles. The summed E-state index contributed by atoms with van der Waals surface area (Å²) in [4.78, 5) is 11.5. The number of nitrogens with zero attached hydrogens (tertiary/aromatic N) is 1. The van der Waals surface area contributed by atoms with Crippen molar-refractivity contribution in [3.63, 3.8) is 0 Å². The third-order valence-corrected chi connectivity index (χ3v) is 2.90. The highest BCUT2D eigenvalue weighted by atomic mass is 19.4. The van der Waals surface area contributed by atoms with E-state index >= 15 is 0 Å². The average molecular weight is 268 g/mol. The van der Waals surface area contributed by atoms with Gasteiger partial charge in [0.15, 0.2) is 0 Å². The normalized spacial score (nSPS) is 14.8. The average Bonchev–Trinajstić information content (AvgIpc) is 3.11. The smallest absolute Gasteiger partial charge is 0.326 e. The fourth-order valence-electron chi connectivity index (χ4n) is 1.75. The summed E-state index contributed by atoms with van der Waals surface area (Å²) in [6, 6.07) is 4.66. The Balaban J connectivity index is 2.17. The van der Waals surface area contributed by atoms with E-state index < -0.39 is 17.3 Å². The summed E-state index contributed by atoms with van der Waals surface area (Å²) >= 11 is 0. The molecule has 0 unspecified atom stereocenters. The Kier molecular flexibility index (Phi) is 3.47. The van der Waals surface area contributed by atoms with E-state index in [0.717, 1.165) is 25.0 Å². The fourth-order valence-corrected chi connectivity index (χ4v) is 1.75. The number of hydrogen-bond donors (Lipinski definition) is 1. The molecule has 1 fully saturated rings. The quantitative estimate of drug-likeness (QED) is 0.914. The van der Waals surface area contributed by atoms with Gasteiger partial charge in [-0.2, -0.15) is 18.4 Å². The van der Waals surface area contributed by atoms with E-state index in [1.54, 1.807) is 0 Å². The van der Waals surface area contributed by atoms with Crippen LogP contribution in [0.1, 0.15) is 30.4 Å². The molecule has 0 aromatic heterocycles. The lowest BCUT2D eigenvalue weighted by Crippen LogP contribution is -2.14.